The molecule has 2 aromatic rings. The number of nitrogens with zero attached hydrogens (tertiary/aromatic N) is 5. The largest absolute Gasteiger partial charge is 0.363 e. The average molecular weight is 510 g/mol. The van der Waals surface area contributed by atoms with E-state index in [4.69, 9.17) is 21.4 Å². The van der Waals surface area contributed by atoms with Gasteiger partial charge in [-0.25, -0.2) is 9.99 Å². The number of fused-ring (bicyclic) bond motifs is 2. The molecule has 6 nitrogen and oxygen atoms in total. The minimum Gasteiger partial charge on any atom is -0.363 e. The van der Waals surface area contributed by atoms with E-state index in [0.717, 1.165) is 49.8 Å². The van der Waals surface area contributed by atoms with Crippen LogP contribution >= 0.6 is 22.9 Å². The Morgan fingerprint density at radius 1 is 1.29 bits per heavy atom. The highest BCUT2D eigenvalue weighted by molar-refractivity contribution is 7.16. The summed E-state index contributed by atoms with van der Waals surface area (Å²) in [5, 5.41) is 6.85. The van der Waals surface area contributed by atoms with Crippen LogP contribution in [0.3, 0.4) is 0 Å². The van der Waals surface area contributed by atoms with Crippen LogP contribution in [-0.2, 0) is 22.8 Å². The summed E-state index contributed by atoms with van der Waals surface area (Å²) in [6.07, 6.45) is 3.19. The molecule has 34 heavy (non-hydrogen) atoms. The van der Waals surface area contributed by atoms with Crippen LogP contribution in [0.15, 0.2) is 29.5 Å². The van der Waals surface area contributed by atoms with Crippen LogP contribution in [0, 0.1) is 5.92 Å². The number of hydrogen-bond donors (Lipinski definition) is 0. The van der Waals surface area contributed by atoms with Crippen molar-refractivity contribution in [3.05, 3.63) is 44.7 Å². The molecule has 1 spiro atoms. The minimum absolute atomic E-state index is 0.0560. The first kappa shape index (κ1) is 24.1. The van der Waals surface area contributed by atoms with Crippen molar-refractivity contribution in [2.45, 2.75) is 37.8 Å². The second kappa shape index (κ2) is 9.09. The maximum Gasteiger partial charge on any atom is 0.297 e. The molecular formula is C24H30ClF2N5OS. The quantitative estimate of drug-likeness (QED) is 0.580. The molecule has 10 heteroatoms. The fourth-order valence-electron chi connectivity index (χ4n) is 5.23. The number of likely N-dealkylation sites (tertiary alicyclic amines) is 1. The van der Waals surface area contributed by atoms with Gasteiger partial charge in [0.2, 0.25) is 0 Å². The lowest BCUT2D eigenvalue weighted by Gasteiger charge is -2.45. The third-order valence-corrected chi connectivity index (χ3v) is 8.49. The van der Waals surface area contributed by atoms with Gasteiger partial charge in [0.25, 0.3) is 5.92 Å². The average Bonchev–Trinajstić information content (AvgIpc) is 3.37. The number of hydrazone groups is 1. The van der Waals surface area contributed by atoms with Gasteiger partial charge in [-0.2, -0.15) is 13.9 Å². The zero-order chi connectivity index (χ0) is 24.1. The number of thiophene rings is 1. The molecule has 2 aromatic heterocycles. The second-order valence-corrected chi connectivity index (χ2v) is 11.5. The second-order valence-electron chi connectivity index (χ2n) is 9.83. The Hall–Kier alpha value is -1.65. The molecule has 5 heterocycles. The van der Waals surface area contributed by atoms with E-state index in [1.807, 2.05) is 31.4 Å². The lowest BCUT2D eigenvalue weighted by atomic mass is 9.84. The van der Waals surface area contributed by atoms with Crippen LogP contribution < -0.4 is 5.01 Å². The van der Waals surface area contributed by atoms with E-state index >= 15 is 0 Å². The summed E-state index contributed by atoms with van der Waals surface area (Å²) >= 11 is 7.38. The topological polar surface area (TPSA) is 44.2 Å². The van der Waals surface area contributed by atoms with Crippen molar-refractivity contribution in [2.75, 3.05) is 51.9 Å². The number of piperidine rings is 1. The molecule has 5 rings (SSSR count). The van der Waals surface area contributed by atoms with E-state index in [-0.39, 0.29) is 5.56 Å². The Morgan fingerprint density at radius 3 is 2.79 bits per heavy atom. The van der Waals surface area contributed by atoms with Gasteiger partial charge >= 0.3 is 0 Å². The van der Waals surface area contributed by atoms with Crippen LogP contribution in [0.5, 0.6) is 0 Å². The molecule has 1 saturated heterocycles. The molecule has 184 valence electrons. The van der Waals surface area contributed by atoms with Gasteiger partial charge in [0.05, 0.1) is 10.9 Å². The number of halogens is 3. The Labute approximate surface area is 208 Å². The molecule has 0 radical (unpaired) electrons. The molecule has 1 fully saturated rings. The molecule has 0 bridgehead atoms. The summed E-state index contributed by atoms with van der Waals surface area (Å²) in [7, 11) is 4.09. The zero-order valence-corrected chi connectivity index (χ0v) is 21.3. The molecule has 0 N–H and O–H groups in total. The Kier molecular flexibility index (Phi) is 6.44. The van der Waals surface area contributed by atoms with Gasteiger partial charge in [0, 0.05) is 60.0 Å². The molecule has 3 aliphatic rings. The predicted octanol–water partition coefficient (Wildman–Crippen LogP) is 4.78. The van der Waals surface area contributed by atoms with E-state index < -0.39 is 18.1 Å². The van der Waals surface area contributed by atoms with Gasteiger partial charge in [-0.05, 0) is 46.0 Å². The zero-order valence-electron chi connectivity index (χ0n) is 19.7. The number of aromatic nitrogens is 1. The van der Waals surface area contributed by atoms with Crippen molar-refractivity contribution in [1.29, 1.82) is 0 Å². The molecule has 0 aliphatic carbocycles. The van der Waals surface area contributed by atoms with Crippen molar-refractivity contribution in [3.8, 4) is 0 Å². The number of rotatable bonds is 5. The smallest absolute Gasteiger partial charge is 0.297 e. The molecule has 1 atom stereocenters. The summed E-state index contributed by atoms with van der Waals surface area (Å²) < 4.78 is 35.1. The summed E-state index contributed by atoms with van der Waals surface area (Å²) in [5.41, 5.74) is 1.66. The SMILES string of the molecule is CC1=NN(c2ncccc2CN(C)C)CC1CN1CCC2(CC1)OCC(F)(F)c1cc(Cl)sc12. The van der Waals surface area contributed by atoms with Gasteiger partial charge in [-0.15, -0.1) is 11.3 Å². The van der Waals surface area contributed by atoms with Crippen LogP contribution in [0.25, 0.3) is 0 Å². The van der Waals surface area contributed by atoms with Gasteiger partial charge in [0.15, 0.2) is 5.82 Å². The van der Waals surface area contributed by atoms with E-state index in [1.165, 1.54) is 17.4 Å². The number of pyridine rings is 1. The molecule has 0 saturated carbocycles. The standard InChI is InChI=1S/C24H30ClF2N5OS/c1-16-18(14-32(29-16)22-17(12-30(2)3)5-4-8-28-22)13-31-9-6-23(7-10-31)21-19(11-20(25)34-21)24(26,27)15-33-23/h4-5,8,11,18H,6-7,9-10,12-15H2,1-3H3. The van der Waals surface area contributed by atoms with Crippen LogP contribution in [-0.4, -0.2) is 67.4 Å². The summed E-state index contributed by atoms with van der Waals surface area (Å²) in [4.78, 5) is 9.76. The maximum atomic E-state index is 14.4. The minimum atomic E-state index is -2.97. The van der Waals surface area contributed by atoms with Gasteiger partial charge in [-0.3, -0.25) is 0 Å². The normalized spacial score (nSPS) is 24.0. The fraction of sp³-hybridized carbons (Fsp3) is 0.583. The van der Waals surface area contributed by atoms with Crippen LogP contribution in [0.2, 0.25) is 4.34 Å². The van der Waals surface area contributed by atoms with E-state index in [2.05, 4.69) is 27.8 Å². The van der Waals surface area contributed by atoms with Crippen molar-refractivity contribution < 1.29 is 13.5 Å². The number of hydrogen-bond acceptors (Lipinski definition) is 7. The molecule has 3 aliphatic heterocycles. The van der Waals surface area contributed by atoms with Crippen molar-refractivity contribution in [1.82, 2.24) is 14.8 Å². The number of ether oxygens (including phenoxy) is 1. The Bertz CT molecular complexity index is 1080. The van der Waals surface area contributed by atoms with Gasteiger partial charge in [-0.1, -0.05) is 17.7 Å². The molecular weight excluding hydrogens is 480 g/mol. The van der Waals surface area contributed by atoms with Crippen molar-refractivity contribution in [2.24, 2.45) is 11.0 Å². The monoisotopic (exact) mass is 509 g/mol. The van der Waals surface area contributed by atoms with Gasteiger partial charge in [0.1, 0.15) is 12.2 Å². The first-order valence-corrected chi connectivity index (χ1v) is 12.8. The van der Waals surface area contributed by atoms with Gasteiger partial charge < -0.3 is 14.5 Å². The first-order valence-electron chi connectivity index (χ1n) is 11.6. The number of alkyl halides is 2. The van der Waals surface area contributed by atoms with Crippen molar-refractivity contribution in [3.63, 3.8) is 0 Å². The first-order chi connectivity index (χ1) is 16.2. The van der Waals surface area contributed by atoms with Crippen molar-refractivity contribution >= 4 is 34.5 Å². The maximum absolute atomic E-state index is 14.4. The molecule has 0 aromatic carbocycles. The molecule has 1 unspecified atom stereocenters. The Morgan fingerprint density at radius 2 is 2.06 bits per heavy atom. The lowest BCUT2D eigenvalue weighted by molar-refractivity contribution is -0.181. The molecule has 0 amide bonds. The summed E-state index contributed by atoms with van der Waals surface area (Å²) in [6, 6.07) is 5.49. The third-order valence-electron chi connectivity index (χ3n) is 7.04. The highest BCUT2D eigenvalue weighted by Crippen LogP contribution is 2.52. The third kappa shape index (κ3) is 4.48. The van der Waals surface area contributed by atoms with Crippen LogP contribution in [0.1, 0.15) is 35.8 Å². The summed E-state index contributed by atoms with van der Waals surface area (Å²) in [6.45, 7) is 5.57. The predicted molar refractivity (Wildman–Crippen MR) is 132 cm³/mol. The van der Waals surface area contributed by atoms with E-state index in [1.54, 1.807) is 0 Å². The highest BCUT2D eigenvalue weighted by Gasteiger charge is 2.51. The van der Waals surface area contributed by atoms with E-state index in [0.29, 0.717) is 28.0 Å². The summed E-state index contributed by atoms with van der Waals surface area (Å²) in [5.74, 6) is -1.76. The lowest BCUT2D eigenvalue weighted by Crippen LogP contribution is -2.50. The van der Waals surface area contributed by atoms with Crippen LogP contribution in [0.4, 0.5) is 14.6 Å². The number of anilines is 1. The van der Waals surface area contributed by atoms with E-state index in [9.17, 15) is 8.78 Å². The highest BCUT2D eigenvalue weighted by atomic mass is 35.5. The fourth-order valence-corrected chi connectivity index (χ4v) is 6.71. The Balaban J connectivity index is 1.24.